The van der Waals surface area contributed by atoms with Gasteiger partial charge in [-0.3, -0.25) is 4.79 Å². The zero-order valence-corrected chi connectivity index (χ0v) is 11.4. The van der Waals surface area contributed by atoms with Gasteiger partial charge < -0.3 is 4.90 Å². The molecule has 0 saturated carbocycles. The highest BCUT2D eigenvalue weighted by molar-refractivity contribution is 5.83. The zero-order chi connectivity index (χ0) is 12.2. The van der Waals surface area contributed by atoms with Gasteiger partial charge in [0.2, 0.25) is 0 Å². The summed E-state index contributed by atoms with van der Waals surface area (Å²) in [6, 6.07) is 0. The molecule has 0 radical (unpaired) electrons. The van der Waals surface area contributed by atoms with Crippen molar-refractivity contribution in [1.82, 2.24) is 4.90 Å². The molecule has 1 aliphatic rings. The molecule has 0 bridgehead atoms. The third-order valence-electron chi connectivity index (χ3n) is 3.78. The molecule has 0 N–H and O–H groups in total. The predicted octanol–water partition coefficient (Wildman–Crippen LogP) is 3.11. The second-order valence-corrected chi connectivity index (χ2v) is 6.12. The van der Waals surface area contributed by atoms with E-state index in [4.69, 9.17) is 0 Å². The quantitative estimate of drug-likeness (QED) is 0.732. The molecule has 1 saturated heterocycles. The summed E-state index contributed by atoms with van der Waals surface area (Å²) in [5.74, 6) is 1.32. The van der Waals surface area contributed by atoms with E-state index in [1.165, 1.54) is 32.4 Å². The van der Waals surface area contributed by atoms with Crippen LogP contribution in [-0.2, 0) is 4.79 Å². The lowest BCUT2D eigenvalue weighted by Crippen LogP contribution is -2.36. The number of carbonyl (C=O) groups is 1. The van der Waals surface area contributed by atoms with Crippen LogP contribution in [0.3, 0.4) is 0 Å². The summed E-state index contributed by atoms with van der Waals surface area (Å²) in [7, 11) is 0. The van der Waals surface area contributed by atoms with E-state index in [0.717, 1.165) is 18.9 Å². The molecule has 94 valence electrons. The molecule has 0 aliphatic carbocycles. The summed E-state index contributed by atoms with van der Waals surface area (Å²) in [6.07, 6.45) is 4.68. The molecule has 0 aromatic carbocycles. The van der Waals surface area contributed by atoms with Gasteiger partial charge in [-0.2, -0.15) is 0 Å². The lowest BCUT2D eigenvalue weighted by molar-refractivity contribution is -0.126. The largest absolute Gasteiger partial charge is 0.303 e. The number of piperidine rings is 1. The highest BCUT2D eigenvalue weighted by Crippen LogP contribution is 2.21. The van der Waals surface area contributed by atoms with Crippen molar-refractivity contribution in [3.8, 4) is 0 Å². The summed E-state index contributed by atoms with van der Waals surface area (Å²) in [5, 5.41) is 0. The molecule has 1 heterocycles. The average Bonchev–Trinajstić information content (AvgIpc) is 2.25. The molecule has 0 spiro atoms. The van der Waals surface area contributed by atoms with E-state index in [9.17, 15) is 4.79 Å². The molecule has 2 heteroatoms. The molecule has 0 aromatic rings. The molecule has 0 atom stereocenters. The smallest absolute Gasteiger partial charge is 0.139 e. The Labute approximate surface area is 100 Å². The maximum atomic E-state index is 11.8. The third-order valence-corrected chi connectivity index (χ3v) is 3.78. The van der Waals surface area contributed by atoms with Gasteiger partial charge in [-0.05, 0) is 31.8 Å². The Hall–Kier alpha value is -0.370. The Balaban J connectivity index is 2.22. The summed E-state index contributed by atoms with van der Waals surface area (Å²) in [4.78, 5) is 14.3. The molecule has 16 heavy (non-hydrogen) atoms. The normalized spacial score (nSPS) is 20.0. The molecule has 0 amide bonds. The zero-order valence-electron chi connectivity index (χ0n) is 11.4. The number of rotatable bonds is 4. The molecule has 1 aliphatic heterocycles. The van der Waals surface area contributed by atoms with Gasteiger partial charge in [-0.25, -0.2) is 0 Å². The number of hydrogen-bond donors (Lipinski definition) is 0. The van der Waals surface area contributed by atoms with Crippen LogP contribution in [0.1, 0.15) is 53.4 Å². The van der Waals surface area contributed by atoms with Crippen LogP contribution in [0.4, 0.5) is 0 Å². The highest BCUT2D eigenvalue weighted by atomic mass is 16.1. The van der Waals surface area contributed by atoms with Crippen molar-refractivity contribution >= 4 is 5.78 Å². The number of Topliss-reactive ketones (excluding diaryl/α,β-unsaturated/α-hetero) is 1. The van der Waals surface area contributed by atoms with Crippen molar-refractivity contribution < 1.29 is 4.79 Å². The van der Waals surface area contributed by atoms with Crippen LogP contribution in [0.5, 0.6) is 0 Å². The number of likely N-dealkylation sites (tertiary alicyclic amines) is 1. The molecule has 0 aromatic heterocycles. The minimum Gasteiger partial charge on any atom is -0.303 e. The number of hydrogen-bond acceptors (Lipinski definition) is 2. The van der Waals surface area contributed by atoms with Crippen LogP contribution in [0.2, 0.25) is 0 Å². The van der Waals surface area contributed by atoms with E-state index in [1.54, 1.807) is 0 Å². The lowest BCUT2D eigenvalue weighted by Gasteiger charge is -2.31. The second-order valence-electron chi connectivity index (χ2n) is 6.12. The molecule has 1 rings (SSSR count). The van der Waals surface area contributed by atoms with Crippen molar-refractivity contribution in [3.63, 3.8) is 0 Å². The minimum absolute atomic E-state index is 0.165. The topological polar surface area (TPSA) is 20.3 Å². The fourth-order valence-electron chi connectivity index (χ4n) is 2.25. The van der Waals surface area contributed by atoms with Gasteiger partial charge in [0.1, 0.15) is 5.78 Å². The maximum absolute atomic E-state index is 11.8. The van der Waals surface area contributed by atoms with E-state index in [2.05, 4.69) is 11.8 Å². The van der Waals surface area contributed by atoms with Gasteiger partial charge in [-0.1, -0.05) is 34.1 Å². The van der Waals surface area contributed by atoms with Crippen molar-refractivity contribution in [2.45, 2.75) is 53.4 Å². The van der Waals surface area contributed by atoms with Gasteiger partial charge in [-0.15, -0.1) is 0 Å². The van der Waals surface area contributed by atoms with Crippen molar-refractivity contribution in [2.24, 2.45) is 11.3 Å². The van der Waals surface area contributed by atoms with E-state index in [-0.39, 0.29) is 5.41 Å². The lowest BCUT2D eigenvalue weighted by atomic mass is 9.88. The van der Waals surface area contributed by atoms with Gasteiger partial charge >= 0.3 is 0 Å². The molecule has 1 fully saturated rings. The fourth-order valence-corrected chi connectivity index (χ4v) is 2.25. The summed E-state index contributed by atoms with van der Waals surface area (Å²) in [6.45, 7) is 11.7. The van der Waals surface area contributed by atoms with E-state index >= 15 is 0 Å². The predicted molar refractivity (Wildman–Crippen MR) is 68.5 cm³/mol. The minimum atomic E-state index is -0.165. The Morgan fingerprint density at radius 2 is 1.81 bits per heavy atom. The first-order valence-corrected chi connectivity index (χ1v) is 6.69. The third kappa shape index (κ3) is 4.25. The monoisotopic (exact) mass is 225 g/mol. The van der Waals surface area contributed by atoms with E-state index in [1.807, 2.05) is 20.8 Å². The number of carbonyl (C=O) groups excluding carboxylic acids is 1. The maximum Gasteiger partial charge on any atom is 0.139 e. The SMILES string of the molecule is CCC1CCN(CCC(=O)C(C)(C)C)CC1. The second kappa shape index (κ2) is 5.81. The first-order valence-electron chi connectivity index (χ1n) is 6.69. The fraction of sp³-hybridized carbons (Fsp3) is 0.929. The summed E-state index contributed by atoms with van der Waals surface area (Å²) < 4.78 is 0. The van der Waals surface area contributed by atoms with E-state index < -0.39 is 0 Å². The highest BCUT2D eigenvalue weighted by Gasteiger charge is 2.23. The number of ketones is 1. The van der Waals surface area contributed by atoms with Crippen molar-refractivity contribution in [3.05, 3.63) is 0 Å². The van der Waals surface area contributed by atoms with Crippen LogP contribution in [0.25, 0.3) is 0 Å². The Morgan fingerprint density at radius 1 is 1.25 bits per heavy atom. The number of nitrogens with zero attached hydrogens (tertiary/aromatic N) is 1. The average molecular weight is 225 g/mol. The Morgan fingerprint density at radius 3 is 2.25 bits per heavy atom. The van der Waals surface area contributed by atoms with Gasteiger partial charge in [0, 0.05) is 18.4 Å². The van der Waals surface area contributed by atoms with Crippen molar-refractivity contribution in [1.29, 1.82) is 0 Å². The van der Waals surface area contributed by atoms with Crippen LogP contribution >= 0.6 is 0 Å². The molecular formula is C14H27NO. The Bertz CT molecular complexity index is 221. The van der Waals surface area contributed by atoms with E-state index in [0.29, 0.717) is 5.78 Å². The molecule has 0 unspecified atom stereocenters. The standard InChI is InChI=1S/C14H27NO/c1-5-12-6-9-15(10-7-12)11-8-13(16)14(2,3)4/h12H,5-11H2,1-4H3. The van der Waals surface area contributed by atoms with Gasteiger partial charge in [0.05, 0.1) is 0 Å². The first kappa shape index (κ1) is 13.7. The van der Waals surface area contributed by atoms with Crippen LogP contribution in [0, 0.1) is 11.3 Å². The molecular weight excluding hydrogens is 198 g/mol. The summed E-state index contributed by atoms with van der Waals surface area (Å²) >= 11 is 0. The van der Waals surface area contributed by atoms with Gasteiger partial charge in [0.25, 0.3) is 0 Å². The Kier molecular flexibility index (Phi) is 4.97. The summed E-state index contributed by atoms with van der Waals surface area (Å²) in [5.41, 5.74) is -0.165. The molecule has 2 nitrogen and oxygen atoms in total. The van der Waals surface area contributed by atoms with Crippen molar-refractivity contribution in [2.75, 3.05) is 19.6 Å². The van der Waals surface area contributed by atoms with Crippen LogP contribution < -0.4 is 0 Å². The van der Waals surface area contributed by atoms with Crippen LogP contribution in [-0.4, -0.2) is 30.3 Å². The first-order chi connectivity index (χ1) is 7.43. The van der Waals surface area contributed by atoms with Gasteiger partial charge in [0.15, 0.2) is 0 Å². The van der Waals surface area contributed by atoms with Crippen LogP contribution in [0.15, 0.2) is 0 Å².